The van der Waals surface area contributed by atoms with Crippen LogP contribution in [0.2, 0.25) is 0 Å². The van der Waals surface area contributed by atoms with Crippen molar-refractivity contribution in [1.29, 1.82) is 0 Å². The summed E-state index contributed by atoms with van der Waals surface area (Å²) in [5, 5.41) is 6.60. The van der Waals surface area contributed by atoms with Gasteiger partial charge in [0.2, 0.25) is 5.76 Å². The average molecular weight is 349 g/mol. The Morgan fingerprint density at radius 1 is 1.33 bits per heavy atom. The number of ketones is 1. The number of hydrogen-bond donors (Lipinski definition) is 1. The molecule has 0 bridgehead atoms. The summed E-state index contributed by atoms with van der Waals surface area (Å²) < 4.78 is 5.85. The zero-order chi connectivity index (χ0) is 15.0. The molecule has 0 atom stereocenters. The minimum atomic E-state index is -0.403. The molecule has 108 valence electrons. The van der Waals surface area contributed by atoms with Gasteiger partial charge in [-0.15, -0.1) is 0 Å². The van der Waals surface area contributed by atoms with E-state index < -0.39 is 5.91 Å². The van der Waals surface area contributed by atoms with Crippen LogP contribution in [-0.4, -0.2) is 16.8 Å². The topological polar surface area (TPSA) is 72.2 Å². The summed E-state index contributed by atoms with van der Waals surface area (Å²) in [6.07, 6.45) is 2.18. The molecule has 21 heavy (non-hydrogen) atoms. The highest BCUT2D eigenvalue weighted by Crippen LogP contribution is 2.39. The summed E-state index contributed by atoms with van der Waals surface area (Å²) in [4.78, 5) is 23.8. The maximum atomic E-state index is 12.2. The van der Waals surface area contributed by atoms with Crippen LogP contribution in [0.15, 0.2) is 33.3 Å². The van der Waals surface area contributed by atoms with Crippen LogP contribution in [0.5, 0.6) is 0 Å². The molecule has 1 aliphatic carbocycles. The second-order valence-corrected chi connectivity index (χ2v) is 6.01. The Labute approximate surface area is 129 Å². The number of aromatic nitrogens is 1. The Balaban J connectivity index is 1.81. The summed E-state index contributed by atoms with van der Waals surface area (Å²) in [6, 6.07) is 6.78. The van der Waals surface area contributed by atoms with Crippen LogP contribution >= 0.6 is 15.9 Å². The highest BCUT2D eigenvalue weighted by atomic mass is 79.9. The zero-order valence-electron chi connectivity index (χ0n) is 11.4. The second-order valence-electron chi connectivity index (χ2n) is 5.09. The predicted octanol–water partition coefficient (Wildman–Crippen LogP) is 3.77. The minimum absolute atomic E-state index is 0.122. The van der Waals surface area contributed by atoms with E-state index in [1.807, 2.05) is 0 Å². The lowest BCUT2D eigenvalue weighted by Gasteiger charge is -2.08. The number of hydrogen-bond acceptors (Lipinski definition) is 4. The maximum absolute atomic E-state index is 12.2. The summed E-state index contributed by atoms with van der Waals surface area (Å²) in [5.41, 5.74) is 1.72. The van der Waals surface area contributed by atoms with Crippen molar-refractivity contribution < 1.29 is 14.1 Å². The Bertz CT molecular complexity index is 719. The molecule has 0 spiro atoms. The van der Waals surface area contributed by atoms with E-state index in [-0.39, 0.29) is 11.5 Å². The molecule has 1 aliphatic rings. The number of halogens is 1. The Morgan fingerprint density at radius 3 is 2.76 bits per heavy atom. The van der Waals surface area contributed by atoms with Gasteiger partial charge in [0, 0.05) is 22.0 Å². The highest BCUT2D eigenvalue weighted by molar-refractivity contribution is 9.10. The third kappa shape index (κ3) is 3.05. The van der Waals surface area contributed by atoms with E-state index in [4.69, 9.17) is 4.52 Å². The summed E-state index contributed by atoms with van der Waals surface area (Å²) >= 11 is 3.31. The van der Waals surface area contributed by atoms with E-state index in [1.54, 1.807) is 24.3 Å². The molecule has 3 rings (SSSR count). The largest absolute Gasteiger partial charge is 0.351 e. The normalized spacial score (nSPS) is 14.0. The lowest BCUT2D eigenvalue weighted by molar-refractivity contribution is 0.0988. The molecule has 0 unspecified atom stereocenters. The SMILES string of the molecule is CC(=O)c1cc(Br)ccc1NC(=O)c1cc(C2CC2)no1. The fourth-order valence-corrected chi connectivity index (χ4v) is 2.43. The van der Waals surface area contributed by atoms with Gasteiger partial charge in [0.15, 0.2) is 5.78 Å². The number of nitrogens with one attached hydrogen (secondary N) is 1. The molecule has 1 aromatic carbocycles. The van der Waals surface area contributed by atoms with Gasteiger partial charge >= 0.3 is 0 Å². The molecule has 0 aliphatic heterocycles. The van der Waals surface area contributed by atoms with Crippen molar-refractivity contribution in [2.75, 3.05) is 5.32 Å². The molecule has 6 heteroatoms. The standard InChI is InChI=1S/C15H13BrN2O3/c1-8(19)11-6-10(16)4-5-12(11)17-15(20)14-7-13(18-21-14)9-2-3-9/h4-7,9H,2-3H2,1H3,(H,17,20). The van der Waals surface area contributed by atoms with Gasteiger partial charge in [-0.25, -0.2) is 0 Å². The van der Waals surface area contributed by atoms with E-state index in [9.17, 15) is 9.59 Å². The van der Waals surface area contributed by atoms with Crippen LogP contribution in [0.3, 0.4) is 0 Å². The fourth-order valence-electron chi connectivity index (χ4n) is 2.07. The van der Waals surface area contributed by atoms with Crippen molar-refractivity contribution in [2.24, 2.45) is 0 Å². The molecular formula is C15H13BrN2O3. The van der Waals surface area contributed by atoms with Crippen molar-refractivity contribution in [3.05, 3.63) is 45.8 Å². The third-order valence-corrected chi connectivity index (χ3v) is 3.85. The number of carbonyl (C=O) groups is 2. The molecular weight excluding hydrogens is 336 g/mol. The van der Waals surface area contributed by atoms with E-state index >= 15 is 0 Å². The highest BCUT2D eigenvalue weighted by Gasteiger charge is 2.28. The molecule has 2 aromatic rings. The number of amides is 1. The Hall–Kier alpha value is -1.95. The van der Waals surface area contributed by atoms with Crippen molar-refractivity contribution in [2.45, 2.75) is 25.7 Å². The number of rotatable bonds is 4. The van der Waals surface area contributed by atoms with Gasteiger partial charge in [-0.3, -0.25) is 9.59 Å². The predicted molar refractivity (Wildman–Crippen MR) is 80.6 cm³/mol. The quantitative estimate of drug-likeness (QED) is 0.853. The van der Waals surface area contributed by atoms with Gasteiger partial charge in [0.1, 0.15) is 0 Å². The van der Waals surface area contributed by atoms with Crippen molar-refractivity contribution in [3.8, 4) is 0 Å². The van der Waals surface area contributed by atoms with Crippen LogP contribution in [0.1, 0.15) is 52.3 Å². The van der Waals surface area contributed by atoms with Crippen LogP contribution < -0.4 is 5.32 Å². The Kier molecular flexibility index (Phi) is 3.63. The van der Waals surface area contributed by atoms with Crippen LogP contribution in [-0.2, 0) is 0 Å². The van der Waals surface area contributed by atoms with Gasteiger partial charge in [0.05, 0.1) is 11.4 Å². The first-order valence-electron chi connectivity index (χ1n) is 6.63. The first kappa shape index (κ1) is 14.0. The monoisotopic (exact) mass is 348 g/mol. The van der Waals surface area contributed by atoms with Gasteiger partial charge in [-0.05, 0) is 38.0 Å². The second kappa shape index (κ2) is 5.44. The summed E-state index contributed by atoms with van der Waals surface area (Å²) in [6.45, 7) is 1.46. The van der Waals surface area contributed by atoms with E-state index in [1.165, 1.54) is 6.92 Å². The van der Waals surface area contributed by atoms with E-state index in [2.05, 4.69) is 26.4 Å². The van der Waals surface area contributed by atoms with Crippen LogP contribution in [0.25, 0.3) is 0 Å². The lowest BCUT2D eigenvalue weighted by atomic mass is 10.1. The molecule has 0 radical (unpaired) electrons. The van der Waals surface area contributed by atoms with Gasteiger partial charge in [-0.1, -0.05) is 21.1 Å². The molecule has 0 saturated heterocycles. The first-order valence-corrected chi connectivity index (χ1v) is 7.42. The van der Waals surface area contributed by atoms with Gasteiger partial charge < -0.3 is 9.84 Å². The van der Waals surface area contributed by atoms with Crippen LogP contribution in [0.4, 0.5) is 5.69 Å². The maximum Gasteiger partial charge on any atom is 0.294 e. The van der Waals surface area contributed by atoms with Crippen molar-refractivity contribution >= 4 is 33.3 Å². The van der Waals surface area contributed by atoms with Gasteiger partial charge in [0.25, 0.3) is 5.91 Å². The van der Waals surface area contributed by atoms with E-state index in [0.717, 1.165) is 23.0 Å². The molecule has 1 fully saturated rings. The molecule has 1 N–H and O–H groups in total. The van der Waals surface area contributed by atoms with E-state index in [0.29, 0.717) is 17.2 Å². The summed E-state index contributed by atoms with van der Waals surface area (Å²) in [5.74, 6) is 0.0622. The molecule has 5 nitrogen and oxygen atoms in total. The Morgan fingerprint density at radius 2 is 2.10 bits per heavy atom. The number of carbonyl (C=O) groups excluding carboxylic acids is 2. The zero-order valence-corrected chi connectivity index (χ0v) is 12.9. The number of nitrogens with zero attached hydrogens (tertiary/aromatic N) is 1. The third-order valence-electron chi connectivity index (χ3n) is 3.36. The van der Waals surface area contributed by atoms with Crippen molar-refractivity contribution in [1.82, 2.24) is 5.16 Å². The lowest BCUT2D eigenvalue weighted by Crippen LogP contribution is -2.13. The number of Topliss-reactive ketones (excluding diaryl/α,β-unsaturated/α-hetero) is 1. The summed E-state index contributed by atoms with van der Waals surface area (Å²) in [7, 11) is 0. The molecule has 1 heterocycles. The molecule has 1 amide bonds. The fraction of sp³-hybridized carbons (Fsp3) is 0.267. The van der Waals surface area contributed by atoms with Gasteiger partial charge in [-0.2, -0.15) is 0 Å². The smallest absolute Gasteiger partial charge is 0.294 e. The minimum Gasteiger partial charge on any atom is -0.351 e. The number of anilines is 1. The number of benzene rings is 1. The first-order chi connectivity index (χ1) is 10.0. The van der Waals surface area contributed by atoms with Crippen molar-refractivity contribution in [3.63, 3.8) is 0 Å². The van der Waals surface area contributed by atoms with Crippen LogP contribution in [0, 0.1) is 0 Å². The molecule has 1 saturated carbocycles. The molecule has 1 aromatic heterocycles. The average Bonchev–Trinajstić information content (AvgIpc) is 3.18.